The van der Waals surface area contributed by atoms with Crippen LogP contribution in [0.3, 0.4) is 0 Å². The van der Waals surface area contributed by atoms with Crippen LogP contribution in [0.4, 0.5) is 0 Å². The van der Waals surface area contributed by atoms with Gasteiger partial charge in [0.2, 0.25) is 0 Å². The van der Waals surface area contributed by atoms with Gasteiger partial charge in [0.05, 0.1) is 10.5 Å². The molecule has 0 spiro atoms. The normalized spacial score (nSPS) is 23.0. The van der Waals surface area contributed by atoms with Gasteiger partial charge in [-0.3, -0.25) is 0 Å². The van der Waals surface area contributed by atoms with Crippen molar-refractivity contribution in [1.29, 1.82) is 0 Å². The minimum absolute atomic E-state index is 0.433. The number of fused-ring (bicyclic) bond motifs is 7. The Hall–Kier alpha value is -1.77. The first-order chi connectivity index (χ1) is 12.1. The fraction of sp³-hybridized carbons (Fsp3) is 0.364. The molecule has 2 heterocycles. The van der Waals surface area contributed by atoms with E-state index in [-0.39, 0.29) is 0 Å². The number of aromatic nitrogens is 1. The Balaban J connectivity index is 1.85. The van der Waals surface area contributed by atoms with Crippen LogP contribution in [0, 0.1) is 6.92 Å². The van der Waals surface area contributed by atoms with E-state index in [2.05, 4.69) is 60.3 Å². The van der Waals surface area contributed by atoms with Crippen LogP contribution in [-0.4, -0.2) is 29.5 Å². The molecule has 3 aromatic rings. The Morgan fingerprint density at radius 1 is 1.12 bits per heavy atom. The fourth-order valence-electron chi connectivity index (χ4n) is 5.07. The van der Waals surface area contributed by atoms with E-state index in [9.17, 15) is 0 Å². The predicted octanol–water partition coefficient (Wildman–Crippen LogP) is 5.06. The van der Waals surface area contributed by atoms with E-state index in [4.69, 9.17) is 11.6 Å². The standard InChI is InChI=1S/C22H23ClN2/c1-13-11-17-20-15(12-18(23)22(17)24-13)9-10-25(2)19-8-7-14-5-3-4-6-16(14)21(19)20/h3-6,11-12,19,21,24H,7-10H2,1-2H3/t19-,21-/m0/s1. The number of likely N-dealkylation sites (N-methyl/N-ethyl adjacent to an activating group) is 1. The molecular weight excluding hydrogens is 328 g/mol. The maximum Gasteiger partial charge on any atom is 0.0650 e. The van der Waals surface area contributed by atoms with Crippen LogP contribution >= 0.6 is 11.6 Å². The van der Waals surface area contributed by atoms with E-state index in [1.54, 1.807) is 0 Å². The van der Waals surface area contributed by atoms with Crippen molar-refractivity contribution < 1.29 is 0 Å². The second-order valence-corrected chi connectivity index (χ2v) is 8.09. The van der Waals surface area contributed by atoms with Crippen molar-refractivity contribution in [2.24, 2.45) is 0 Å². The summed E-state index contributed by atoms with van der Waals surface area (Å²) in [6.07, 6.45) is 3.48. The molecule has 0 radical (unpaired) electrons. The lowest BCUT2D eigenvalue weighted by Crippen LogP contribution is -2.39. The molecule has 2 nitrogen and oxygen atoms in total. The summed E-state index contributed by atoms with van der Waals surface area (Å²) in [6, 6.07) is 14.1. The van der Waals surface area contributed by atoms with Crippen molar-refractivity contribution >= 4 is 22.5 Å². The largest absolute Gasteiger partial charge is 0.357 e. The molecule has 3 heteroatoms. The number of halogens is 1. The second kappa shape index (κ2) is 5.62. The molecule has 2 aliphatic rings. The number of hydrogen-bond acceptors (Lipinski definition) is 1. The lowest BCUT2D eigenvalue weighted by Gasteiger charge is -2.38. The van der Waals surface area contributed by atoms with Gasteiger partial charge in [-0.1, -0.05) is 35.9 Å². The zero-order chi connectivity index (χ0) is 17.1. The molecule has 2 atom stereocenters. The smallest absolute Gasteiger partial charge is 0.0650 e. The first-order valence-corrected chi connectivity index (χ1v) is 9.60. The van der Waals surface area contributed by atoms with Crippen LogP contribution in [-0.2, 0) is 12.8 Å². The minimum Gasteiger partial charge on any atom is -0.357 e. The summed E-state index contributed by atoms with van der Waals surface area (Å²) in [5.41, 5.74) is 8.24. The summed E-state index contributed by atoms with van der Waals surface area (Å²) in [4.78, 5) is 6.05. The van der Waals surface area contributed by atoms with Gasteiger partial charge in [0.1, 0.15) is 0 Å². The molecule has 0 saturated carbocycles. The van der Waals surface area contributed by atoms with Crippen LogP contribution in [0.1, 0.15) is 40.3 Å². The lowest BCUT2D eigenvalue weighted by atomic mass is 9.73. The third-order valence-corrected chi connectivity index (χ3v) is 6.52. The quantitative estimate of drug-likeness (QED) is 0.600. The highest BCUT2D eigenvalue weighted by Gasteiger charge is 2.37. The number of rotatable bonds is 0. The molecule has 0 amide bonds. The van der Waals surface area contributed by atoms with Gasteiger partial charge in [0.15, 0.2) is 0 Å². The van der Waals surface area contributed by atoms with Crippen LogP contribution in [0.15, 0.2) is 36.4 Å². The summed E-state index contributed by atoms with van der Waals surface area (Å²) >= 11 is 6.63. The summed E-state index contributed by atoms with van der Waals surface area (Å²) in [7, 11) is 2.29. The van der Waals surface area contributed by atoms with Crippen LogP contribution < -0.4 is 0 Å². The molecule has 1 aromatic heterocycles. The highest BCUT2D eigenvalue weighted by Crippen LogP contribution is 2.46. The monoisotopic (exact) mass is 350 g/mol. The first kappa shape index (κ1) is 15.5. The molecule has 0 saturated heterocycles. The summed E-state index contributed by atoms with van der Waals surface area (Å²) in [5, 5.41) is 2.18. The topological polar surface area (TPSA) is 19.0 Å². The van der Waals surface area contributed by atoms with Gasteiger partial charge in [-0.2, -0.15) is 0 Å². The van der Waals surface area contributed by atoms with E-state index in [1.807, 2.05) is 0 Å². The van der Waals surface area contributed by atoms with Crippen molar-refractivity contribution in [2.75, 3.05) is 13.6 Å². The summed E-state index contributed by atoms with van der Waals surface area (Å²) < 4.78 is 0. The summed E-state index contributed by atoms with van der Waals surface area (Å²) in [6.45, 7) is 3.22. The number of hydrogen-bond donors (Lipinski definition) is 1. The van der Waals surface area contributed by atoms with Gasteiger partial charge < -0.3 is 9.88 Å². The van der Waals surface area contributed by atoms with Gasteiger partial charge in [-0.05, 0) is 67.6 Å². The molecule has 0 bridgehead atoms. The fourth-order valence-corrected chi connectivity index (χ4v) is 5.35. The van der Waals surface area contributed by atoms with Crippen molar-refractivity contribution in [2.45, 2.75) is 38.1 Å². The highest BCUT2D eigenvalue weighted by molar-refractivity contribution is 6.35. The van der Waals surface area contributed by atoms with Crippen molar-refractivity contribution in [1.82, 2.24) is 9.88 Å². The Labute approximate surface area is 153 Å². The van der Waals surface area contributed by atoms with E-state index >= 15 is 0 Å². The van der Waals surface area contributed by atoms with Crippen LogP contribution in [0.2, 0.25) is 5.02 Å². The Bertz CT molecular complexity index is 972. The maximum atomic E-state index is 6.63. The molecule has 1 aliphatic carbocycles. The zero-order valence-corrected chi connectivity index (χ0v) is 15.5. The average Bonchev–Trinajstić information content (AvgIpc) is 2.94. The Morgan fingerprint density at radius 2 is 1.96 bits per heavy atom. The zero-order valence-electron chi connectivity index (χ0n) is 14.8. The molecule has 0 unspecified atom stereocenters. The third-order valence-electron chi connectivity index (χ3n) is 6.22. The maximum absolute atomic E-state index is 6.63. The van der Waals surface area contributed by atoms with E-state index in [1.165, 1.54) is 46.2 Å². The number of aromatic amines is 1. The Morgan fingerprint density at radius 3 is 2.84 bits per heavy atom. The van der Waals surface area contributed by atoms with E-state index < -0.39 is 0 Å². The number of H-pyrrole nitrogens is 1. The minimum atomic E-state index is 0.433. The van der Waals surface area contributed by atoms with E-state index in [0.29, 0.717) is 12.0 Å². The van der Waals surface area contributed by atoms with Crippen molar-refractivity contribution in [3.05, 3.63) is 69.4 Å². The van der Waals surface area contributed by atoms with Gasteiger partial charge >= 0.3 is 0 Å². The number of nitrogens with one attached hydrogen (secondary N) is 1. The molecule has 1 aliphatic heterocycles. The van der Waals surface area contributed by atoms with Gasteiger partial charge in [-0.25, -0.2) is 0 Å². The number of nitrogens with zero attached hydrogens (tertiary/aromatic N) is 1. The SMILES string of the molecule is Cc1cc2c3c(cc(Cl)c2[nH]1)CCN(C)[C@H]1CCc2ccccc2[C@H]31. The third kappa shape index (κ3) is 2.28. The Kier molecular flexibility index (Phi) is 3.48. The van der Waals surface area contributed by atoms with Crippen molar-refractivity contribution in [3.63, 3.8) is 0 Å². The van der Waals surface area contributed by atoms with Crippen LogP contribution in [0.25, 0.3) is 10.9 Å². The number of benzene rings is 2. The average molecular weight is 351 g/mol. The molecule has 5 rings (SSSR count). The molecular formula is C22H23ClN2. The van der Waals surface area contributed by atoms with Gasteiger partial charge in [0.25, 0.3) is 0 Å². The highest BCUT2D eigenvalue weighted by atomic mass is 35.5. The number of aryl methyl sites for hydroxylation is 2. The molecule has 2 aromatic carbocycles. The van der Waals surface area contributed by atoms with Crippen molar-refractivity contribution in [3.8, 4) is 0 Å². The van der Waals surface area contributed by atoms with E-state index in [0.717, 1.165) is 23.5 Å². The molecule has 128 valence electrons. The van der Waals surface area contributed by atoms with Gasteiger partial charge in [0, 0.05) is 29.6 Å². The van der Waals surface area contributed by atoms with Crippen LogP contribution in [0.5, 0.6) is 0 Å². The first-order valence-electron chi connectivity index (χ1n) is 9.22. The summed E-state index contributed by atoms with van der Waals surface area (Å²) in [5.74, 6) is 0.433. The van der Waals surface area contributed by atoms with Gasteiger partial charge in [-0.15, -0.1) is 0 Å². The molecule has 25 heavy (non-hydrogen) atoms. The molecule has 1 N–H and O–H groups in total. The lowest BCUT2D eigenvalue weighted by molar-refractivity contribution is 0.214. The predicted molar refractivity (Wildman–Crippen MR) is 105 cm³/mol. The molecule has 0 fully saturated rings. The second-order valence-electron chi connectivity index (χ2n) is 7.69.